The number of carbonyl (C=O) groups is 1. The van der Waals surface area contributed by atoms with Crippen molar-refractivity contribution in [2.45, 2.75) is 39.7 Å². The van der Waals surface area contributed by atoms with E-state index in [1.807, 2.05) is 20.8 Å². The predicted molar refractivity (Wildman–Crippen MR) is 58.8 cm³/mol. The highest BCUT2D eigenvalue weighted by atomic mass is 16.5. The van der Waals surface area contributed by atoms with Crippen LogP contribution in [0.5, 0.6) is 0 Å². The van der Waals surface area contributed by atoms with Crippen LogP contribution in [0.25, 0.3) is 0 Å². The van der Waals surface area contributed by atoms with Gasteiger partial charge in [-0.2, -0.15) is 0 Å². The highest BCUT2D eigenvalue weighted by Crippen LogP contribution is 2.20. The van der Waals surface area contributed by atoms with Gasteiger partial charge in [-0.05, 0) is 25.7 Å². The van der Waals surface area contributed by atoms with Gasteiger partial charge in [-0.25, -0.2) is 0 Å². The summed E-state index contributed by atoms with van der Waals surface area (Å²) in [6.45, 7) is 7.96. The Morgan fingerprint density at radius 3 is 2.73 bits per heavy atom. The van der Waals surface area contributed by atoms with Crippen molar-refractivity contribution in [1.82, 2.24) is 0 Å². The number of Topliss-reactive ketones (excluding diaryl/α,β-unsaturated/α-hetero) is 1. The SMILES string of the molecule is CCOC(C(=O)C1CCCOC1)C(C)C. The third kappa shape index (κ3) is 3.58. The van der Waals surface area contributed by atoms with Crippen LogP contribution in [0.4, 0.5) is 0 Å². The van der Waals surface area contributed by atoms with Gasteiger partial charge < -0.3 is 9.47 Å². The van der Waals surface area contributed by atoms with E-state index in [9.17, 15) is 4.79 Å². The number of rotatable bonds is 5. The summed E-state index contributed by atoms with van der Waals surface area (Å²) >= 11 is 0. The van der Waals surface area contributed by atoms with Crippen molar-refractivity contribution in [2.75, 3.05) is 19.8 Å². The van der Waals surface area contributed by atoms with Gasteiger partial charge in [0.05, 0.1) is 6.61 Å². The first kappa shape index (κ1) is 12.7. The van der Waals surface area contributed by atoms with Crippen LogP contribution in [-0.4, -0.2) is 31.7 Å². The first-order valence-corrected chi connectivity index (χ1v) is 5.89. The van der Waals surface area contributed by atoms with Gasteiger partial charge in [-0.1, -0.05) is 13.8 Å². The molecule has 0 amide bonds. The molecule has 0 bridgehead atoms. The third-order valence-electron chi connectivity index (χ3n) is 2.79. The lowest BCUT2D eigenvalue weighted by molar-refractivity contribution is -0.141. The van der Waals surface area contributed by atoms with E-state index in [2.05, 4.69) is 0 Å². The largest absolute Gasteiger partial charge is 0.381 e. The number of ether oxygens (including phenoxy) is 2. The first-order chi connectivity index (χ1) is 7.16. The van der Waals surface area contributed by atoms with Gasteiger partial charge in [0.1, 0.15) is 6.10 Å². The van der Waals surface area contributed by atoms with E-state index in [0.717, 1.165) is 19.4 Å². The Labute approximate surface area is 92.1 Å². The zero-order valence-electron chi connectivity index (χ0n) is 9.99. The molecule has 1 heterocycles. The summed E-state index contributed by atoms with van der Waals surface area (Å²) in [5.41, 5.74) is 0. The van der Waals surface area contributed by atoms with E-state index in [1.54, 1.807) is 0 Å². The summed E-state index contributed by atoms with van der Waals surface area (Å²) in [7, 11) is 0. The van der Waals surface area contributed by atoms with E-state index in [4.69, 9.17) is 9.47 Å². The smallest absolute Gasteiger partial charge is 0.167 e. The molecule has 0 N–H and O–H groups in total. The van der Waals surface area contributed by atoms with Crippen molar-refractivity contribution in [3.8, 4) is 0 Å². The normalized spacial score (nSPS) is 24.1. The Balaban J connectivity index is 2.53. The minimum Gasteiger partial charge on any atom is -0.381 e. The van der Waals surface area contributed by atoms with Crippen LogP contribution >= 0.6 is 0 Å². The minimum absolute atomic E-state index is 0.0534. The summed E-state index contributed by atoms with van der Waals surface area (Å²) in [4.78, 5) is 12.1. The van der Waals surface area contributed by atoms with Gasteiger partial charge in [0, 0.05) is 19.1 Å². The summed E-state index contributed by atoms with van der Waals surface area (Å²) in [6, 6.07) is 0. The molecule has 0 spiro atoms. The predicted octanol–water partition coefficient (Wildman–Crippen LogP) is 2.04. The van der Waals surface area contributed by atoms with Crippen molar-refractivity contribution in [3.05, 3.63) is 0 Å². The van der Waals surface area contributed by atoms with E-state index >= 15 is 0 Å². The highest BCUT2D eigenvalue weighted by molar-refractivity contribution is 5.85. The number of carbonyl (C=O) groups excluding carboxylic acids is 1. The molecule has 1 aliphatic heterocycles. The van der Waals surface area contributed by atoms with Gasteiger partial charge >= 0.3 is 0 Å². The summed E-state index contributed by atoms with van der Waals surface area (Å²) in [5.74, 6) is 0.531. The molecular weight excluding hydrogens is 192 g/mol. The van der Waals surface area contributed by atoms with Crippen LogP contribution in [0.15, 0.2) is 0 Å². The summed E-state index contributed by atoms with van der Waals surface area (Å²) < 4.78 is 10.8. The summed E-state index contributed by atoms with van der Waals surface area (Å²) in [6.07, 6.45) is 1.70. The molecule has 0 radical (unpaired) electrons. The maximum absolute atomic E-state index is 12.1. The van der Waals surface area contributed by atoms with Crippen molar-refractivity contribution < 1.29 is 14.3 Å². The average Bonchev–Trinajstić information content (AvgIpc) is 2.26. The molecule has 15 heavy (non-hydrogen) atoms. The molecule has 0 aliphatic carbocycles. The lowest BCUT2D eigenvalue weighted by atomic mass is 9.89. The van der Waals surface area contributed by atoms with Crippen molar-refractivity contribution in [2.24, 2.45) is 11.8 Å². The fourth-order valence-corrected chi connectivity index (χ4v) is 1.98. The molecule has 1 aliphatic rings. The van der Waals surface area contributed by atoms with Crippen LogP contribution < -0.4 is 0 Å². The molecule has 3 nitrogen and oxygen atoms in total. The number of ketones is 1. The molecule has 0 aromatic rings. The van der Waals surface area contributed by atoms with E-state index < -0.39 is 0 Å². The van der Waals surface area contributed by atoms with Crippen LogP contribution in [0.3, 0.4) is 0 Å². The van der Waals surface area contributed by atoms with E-state index in [0.29, 0.717) is 13.2 Å². The maximum atomic E-state index is 12.1. The molecule has 1 saturated heterocycles. The Hall–Kier alpha value is -0.410. The zero-order valence-corrected chi connectivity index (χ0v) is 9.99. The molecule has 3 heteroatoms. The second kappa shape index (κ2) is 6.23. The standard InChI is InChI=1S/C12H22O3/c1-4-15-12(9(2)3)11(13)10-6-5-7-14-8-10/h9-10,12H,4-8H2,1-3H3. The first-order valence-electron chi connectivity index (χ1n) is 5.89. The van der Waals surface area contributed by atoms with Crippen molar-refractivity contribution in [3.63, 3.8) is 0 Å². The van der Waals surface area contributed by atoms with Gasteiger partial charge in [-0.15, -0.1) is 0 Å². The Kier molecular flexibility index (Phi) is 5.26. The molecule has 1 fully saturated rings. The molecule has 2 unspecified atom stereocenters. The van der Waals surface area contributed by atoms with Crippen LogP contribution in [0.1, 0.15) is 33.6 Å². The second-order valence-corrected chi connectivity index (χ2v) is 4.44. The van der Waals surface area contributed by atoms with Crippen LogP contribution in [0.2, 0.25) is 0 Å². The monoisotopic (exact) mass is 214 g/mol. The molecule has 88 valence electrons. The second-order valence-electron chi connectivity index (χ2n) is 4.44. The van der Waals surface area contributed by atoms with Gasteiger partial charge in [0.25, 0.3) is 0 Å². The molecular formula is C12H22O3. The highest BCUT2D eigenvalue weighted by Gasteiger charge is 2.30. The number of hydrogen-bond donors (Lipinski definition) is 0. The lowest BCUT2D eigenvalue weighted by Gasteiger charge is -2.27. The zero-order chi connectivity index (χ0) is 11.3. The third-order valence-corrected chi connectivity index (χ3v) is 2.79. The molecule has 0 saturated carbocycles. The topological polar surface area (TPSA) is 35.5 Å². The number of hydrogen-bond acceptors (Lipinski definition) is 3. The average molecular weight is 214 g/mol. The fraction of sp³-hybridized carbons (Fsp3) is 0.917. The molecule has 0 aromatic carbocycles. The van der Waals surface area contributed by atoms with E-state index in [-0.39, 0.29) is 23.7 Å². The van der Waals surface area contributed by atoms with Gasteiger partial charge in [-0.3, -0.25) is 4.79 Å². The summed E-state index contributed by atoms with van der Waals surface area (Å²) in [5, 5.41) is 0. The van der Waals surface area contributed by atoms with Gasteiger partial charge in [0.2, 0.25) is 0 Å². The quantitative estimate of drug-likeness (QED) is 0.702. The van der Waals surface area contributed by atoms with Crippen molar-refractivity contribution >= 4 is 5.78 Å². The van der Waals surface area contributed by atoms with Crippen LogP contribution in [0, 0.1) is 11.8 Å². The van der Waals surface area contributed by atoms with Gasteiger partial charge in [0.15, 0.2) is 5.78 Å². The molecule has 1 rings (SSSR count). The van der Waals surface area contributed by atoms with E-state index in [1.165, 1.54) is 0 Å². The lowest BCUT2D eigenvalue weighted by Crippen LogP contribution is -2.38. The minimum atomic E-state index is -0.248. The molecule has 2 atom stereocenters. The van der Waals surface area contributed by atoms with Crippen molar-refractivity contribution in [1.29, 1.82) is 0 Å². The Morgan fingerprint density at radius 2 is 2.27 bits per heavy atom. The Bertz CT molecular complexity index is 195. The molecule has 0 aromatic heterocycles. The maximum Gasteiger partial charge on any atom is 0.167 e. The fourth-order valence-electron chi connectivity index (χ4n) is 1.98. The van der Waals surface area contributed by atoms with Crippen LogP contribution in [-0.2, 0) is 14.3 Å². The Morgan fingerprint density at radius 1 is 1.53 bits per heavy atom.